The molecular weight excluding hydrogens is 309 g/mol. The smallest absolute Gasteiger partial charge is 0.404 e. The van der Waals surface area contributed by atoms with Crippen LogP contribution in [0, 0.1) is 12.7 Å². The third-order valence-electron chi connectivity index (χ3n) is 4.38. The summed E-state index contributed by atoms with van der Waals surface area (Å²) in [5.41, 5.74) is 8.29. The maximum atomic E-state index is 14.9. The minimum Gasteiger partial charge on any atom is -0.486 e. The standard InChI is InChI=1S/C19H20FNO3/c1-12-9-16-14(11-24-19(21)22)7-8-15(16)17(20)18(12)23-10-13-5-3-2-4-6-13/h2-6,9,14H,7-8,10-11H2,1H3,(H2,21,22). The van der Waals surface area contributed by atoms with E-state index in [1.165, 1.54) is 0 Å². The molecule has 1 amide bonds. The van der Waals surface area contributed by atoms with Crippen LogP contribution in [-0.4, -0.2) is 12.7 Å². The molecule has 0 heterocycles. The number of fused-ring (bicyclic) bond motifs is 1. The number of carbonyl (C=O) groups excluding carboxylic acids is 1. The van der Waals surface area contributed by atoms with Crippen molar-refractivity contribution in [1.29, 1.82) is 0 Å². The summed E-state index contributed by atoms with van der Waals surface area (Å²) < 4.78 is 25.5. The zero-order valence-corrected chi connectivity index (χ0v) is 13.5. The van der Waals surface area contributed by atoms with Gasteiger partial charge in [0.15, 0.2) is 11.6 Å². The zero-order chi connectivity index (χ0) is 17.1. The van der Waals surface area contributed by atoms with Crippen molar-refractivity contribution in [3.05, 3.63) is 64.5 Å². The Morgan fingerprint density at radius 2 is 2.08 bits per heavy atom. The van der Waals surface area contributed by atoms with Crippen LogP contribution in [0.25, 0.3) is 0 Å². The predicted molar refractivity (Wildman–Crippen MR) is 88.5 cm³/mol. The number of halogens is 1. The fraction of sp³-hybridized carbons (Fsp3) is 0.316. The summed E-state index contributed by atoms with van der Waals surface area (Å²) in [6.07, 6.45) is 0.542. The molecule has 24 heavy (non-hydrogen) atoms. The van der Waals surface area contributed by atoms with Gasteiger partial charge in [-0.25, -0.2) is 9.18 Å². The van der Waals surface area contributed by atoms with Crippen molar-refractivity contribution >= 4 is 6.09 Å². The van der Waals surface area contributed by atoms with E-state index in [1.807, 2.05) is 43.3 Å². The fourth-order valence-electron chi connectivity index (χ4n) is 3.18. The minimum absolute atomic E-state index is 0.0103. The van der Waals surface area contributed by atoms with Crippen LogP contribution in [0.1, 0.15) is 34.6 Å². The van der Waals surface area contributed by atoms with Crippen LogP contribution in [-0.2, 0) is 17.8 Å². The summed E-state index contributed by atoms with van der Waals surface area (Å²) in [6.45, 7) is 2.34. The molecule has 0 fully saturated rings. The van der Waals surface area contributed by atoms with E-state index in [1.54, 1.807) is 0 Å². The largest absolute Gasteiger partial charge is 0.486 e. The van der Waals surface area contributed by atoms with Crippen LogP contribution in [0.2, 0.25) is 0 Å². The maximum absolute atomic E-state index is 14.9. The highest BCUT2D eigenvalue weighted by Gasteiger charge is 2.29. The highest BCUT2D eigenvalue weighted by molar-refractivity contribution is 5.64. The lowest BCUT2D eigenvalue weighted by Gasteiger charge is -2.16. The molecule has 3 rings (SSSR count). The molecular formula is C19H20FNO3. The van der Waals surface area contributed by atoms with Crippen LogP contribution in [0.5, 0.6) is 5.75 Å². The van der Waals surface area contributed by atoms with Gasteiger partial charge in [0.05, 0.1) is 0 Å². The molecule has 0 aliphatic heterocycles. The van der Waals surface area contributed by atoms with Crippen LogP contribution < -0.4 is 10.5 Å². The van der Waals surface area contributed by atoms with E-state index in [-0.39, 0.29) is 18.3 Å². The highest BCUT2D eigenvalue weighted by atomic mass is 19.1. The number of aryl methyl sites for hydroxylation is 1. The summed E-state index contributed by atoms with van der Waals surface area (Å²) in [5, 5.41) is 0. The number of rotatable bonds is 5. The monoisotopic (exact) mass is 329 g/mol. The molecule has 0 bridgehead atoms. The molecule has 0 saturated carbocycles. The molecule has 1 aliphatic rings. The normalized spacial score (nSPS) is 15.8. The van der Waals surface area contributed by atoms with Gasteiger partial charge in [-0.3, -0.25) is 0 Å². The maximum Gasteiger partial charge on any atom is 0.404 e. The molecule has 0 saturated heterocycles. The lowest BCUT2D eigenvalue weighted by atomic mass is 9.99. The molecule has 1 aliphatic carbocycles. The van der Waals surface area contributed by atoms with Gasteiger partial charge in [0.1, 0.15) is 13.2 Å². The number of carbonyl (C=O) groups is 1. The van der Waals surface area contributed by atoms with E-state index in [2.05, 4.69) is 0 Å². The first-order valence-electron chi connectivity index (χ1n) is 7.97. The van der Waals surface area contributed by atoms with Crippen molar-refractivity contribution < 1.29 is 18.7 Å². The van der Waals surface area contributed by atoms with E-state index in [0.29, 0.717) is 24.3 Å². The number of ether oxygens (including phenoxy) is 2. The molecule has 1 unspecified atom stereocenters. The summed E-state index contributed by atoms with van der Waals surface area (Å²) >= 11 is 0. The van der Waals surface area contributed by atoms with E-state index < -0.39 is 6.09 Å². The van der Waals surface area contributed by atoms with E-state index in [9.17, 15) is 9.18 Å². The second-order valence-corrected chi connectivity index (χ2v) is 6.04. The summed E-state index contributed by atoms with van der Waals surface area (Å²) in [6, 6.07) is 11.6. The predicted octanol–water partition coefficient (Wildman–Crippen LogP) is 3.84. The number of primary amides is 1. The molecule has 2 aromatic carbocycles. The third kappa shape index (κ3) is 3.35. The van der Waals surface area contributed by atoms with E-state index in [0.717, 1.165) is 23.1 Å². The van der Waals surface area contributed by atoms with Gasteiger partial charge in [0.25, 0.3) is 0 Å². The van der Waals surface area contributed by atoms with Gasteiger partial charge in [-0.2, -0.15) is 0 Å². The molecule has 0 aromatic heterocycles. The van der Waals surface area contributed by atoms with E-state index >= 15 is 0 Å². The second kappa shape index (κ2) is 6.91. The lowest BCUT2D eigenvalue weighted by Crippen LogP contribution is -2.17. The molecule has 0 radical (unpaired) electrons. The molecule has 4 nitrogen and oxygen atoms in total. The number of hydrogen-bond acceptors (Lipinski definition) is 3. The van der Waals surface area contributed by atoms with Crippen LogP contribution in [0.4, 0.5) is 9.18 Å². The van der Waals surface area contributed by atoms with Gasteiger partial charge in [-0.15, -0.1) is 0 Å². The van der Waals surface area contributed by atoms with Crippen LogP contribution >= 0.6 is 0 Å². The number of nitrogens with two attached hydrogens (primary N) is 1. The topological polar surface area (TPSA) is 61.6 Å². The van der Waals surface area contributed by atoms with Crippen LogP contribution in [0.3, 0.4) is 0 Å². The molecule has 5 heteroatoms. The highest BCUT2D eigenvalue weighted by Crippen LogP contribution is 2.40. The number of benzene rings is 2. The van der Waals surface area contributed by atoms with Crippen molar-refractivity contribution in [2.24, 2.45) is 5.73 Å². The lowest BCUT2D eigenvalue weighted by molar-refractivity contribution is 0.149. The van der Waals surface area contributed by atoms with Crippen molar-refractivity contribution in [3.8, 4) is 5.75 Å². The first-order chi connectivity index (χ1) is 11.6. The average molecular weight is 329 g/mol. The zero-order valence-electron chi connectivity index (χ0n) is 13.5. The van der Waals surface area contributed by atoms with Crippen molar-refractivity contribution in [2.45, 2.75) is 32.3 Å². The van der Waals surface area contributed by atoms with Gasteiger partial charge in [-0.05, 0) is 42.0 Å². The Bertz CT molecular complexity index is 746. The Balaban J connectivity index is 1.79. The summed E-state index contributed by atoms with van der Waals surface area (Å²) in [4.78, 5) is 10.8. The van der Waals surface area contributed by atoms with Gasteiger partial charge < -0.3 is 15.2 Å². The van der Waals surface area contributed by atoms with Crippen LogP contribution in [0.15, 0.2) is 36.4 Å². The van der Waals surface area contributed by atoms with Gasteiger partial charge in [-0.1, -0.05) is 36.4 Å². The van der Waals surface area contributed by atoms with Gasteiger partial charge >= 0.3 is 6.09 Å². The molecule has 2 aromatic rings. The Hall–Kier alpha value is -2.56. The van der Waals surface area contributed by atoms with Gasteiger partial charge in [0.2, 0.25) is 0 Å². The first-order valence-corrected chi connectivity index (χ1v) is 7.97. The SMILES string of the molecule is Cc1cc2c(c(F)c1OCc1ccccc1)CCC2COC(N)=O. The Kier molecular flexibility index (Phi) is 4.69. The summed E-state index contributed by atoms with van der Waals surface area (Å²) in [5.74, 6) is -0.0135. The second-order valence-electron chi connectivity index (χ2n) is 6.04. The Morgan fingerprint density at radius 3 is 2.79 bits per heavy atom. The van der Waals surface area contributed by atoms with Gasteiger partial charge in [0, 0.05) is 5.92 Å². The van der Waals surface area contributed by atoms with Crippen molar-refractivity contribution in [1.82, 2.24) is 0 Å². The number of amides is 1. The Labute approximate surface area is 140 Å². The minimum atomic E-state index is -0.802. The molecule has 126 valence electrons. The average Bonchev–Trinajstić information content (AvgIpc) is 2.96. The molecule has 0 spiro atoms. The fourth-order valence-corrected chi connectivity index (χ4v) is 3.18. The molecule has 2 N–H and O–H groups in total. The van der Waals surface area contributed by atoms with Crippen molar-refractivity contribution in [2.75, 3.05) is 6.61 Å². The molecule has 1 atom stereocenters. The van der Waals surface area contributed by atoms with Crippen molar-refractivity contribution in [3.63, 3.8) is 0 Å². The Morgan fingerprint density at radius 1 is 1.33 bits per heavy atom. The van der Waals surface area contributed by atoms with E-state index in [4.69, 9.17) is 15.2 Å². The first kappa shape index (κ1) is 16.3. The number of hydrogen-bond donors (Lipinski definition) is 1. The quantitative estimate of drug-likeness (QED) is 0.906. The third-order valence-corrected chi connectivity index (χ3v) is 4.38. The summed E-state index contributed by atoms with van der Waals surface area (Å²) in [7, 11) is 0.